The summed E-state index contributed by atoms with van der Waals surface area (Å²) >= 11 is 0. The van der Waals surface area contributed by atoms with E-state index in [0.717, 1.165) is 24.6 Å². The van der Waals surface area contributed by atoms with E-state index in [1.54, 1.807) is 7.11 Å². The van der Waals surface area contributed by atoms with E-state index >= 15 is 0 Å². The summed E-state index contributed by atoms with van der Waals surface area (Å²) in [4.78, 5) is 0. The first-order chi connectivity index (χ1) is 7.74. The molecule has 2 rings (SSSR count). The van der Waals surface area contributed by atoms with E-state index in [-0.39, 0.29) is 0 Å². The van der Waals surface area contributed by atoms with Crippen molar-refractivity contribution < 1.29 is 4.74 Å². The summed E-state index contributed by atoms with van der Waals surface area (Å²) in [7, 11) is 1.75. The third-order valence-electron chi connectivity index (χ3n) is 3.43. The SMILES string of the molecule is CCc1ccc(OC)c(C2CC(C)CN2)c1. The Bertz CT molecular complexity index is 362. The molecule has 1 N–H and O–H groups in total. The molecule has 1 saturated heterocycles. The lowest BCUT2D eigenvalue weighted by Crippen LogP contribution is -2.14. The van der Waals surface area contributed by atoms with Crippen LogP contribution in [0, 0.1) is 5.92 Å². The van der Waals surface area contributed by atoms with Crippen molar-refractivity contribution in [2.45, 2.75) is 32.7 Å². The second kappa shape index (κ2) is 4.88. The maximum Gasteiger partial charge on any atom is 0.123 e. The fourth-order valence-electron chi connectivity index (χ4n) is 2.43. The molecule has 1 aliphatic rings. The highest BCUT2D eigenvalue weighted by Crippen LogP contribution is 2.33. The molecule has 1 aromatic carbocycles. The zero-order valence-corrected chi connectivity index (χ0v) is 10.4. The minimum Gasteiger partial charge on any atom is -0.496 e. The second-order valence-electron chi connectivity index (χ2n) is 4.73. The minimum absolute atomic E-state index is 0.469. The molecule has 1 heterocycles. The smallest absolute Gasteiger partial charge is 0.123 e. The lowest BCUT2D eigenvalue weighted by Gasteiger charge is -2.16. The number of rotatable bonds is 3. The lowest BCUT2D eigenvalue weighted by atomic mass is 9.98. The van der Waals surface area contributed by atoms with E-state index in [1.807, 2.05) is 0 Å². The number of benzene rings is 1. The van der Waals surface area contributed by atoms with Gasteiger partial charge in [0.25, 0.3) is 0 Å². The van der Waals surface area contributed by atoms with E-state index < -0.39 is 0 Å². The van der Waals surface area contributed by atoms with Gasteiger partial charge in [-0.15, -0.1) is 0 Å². The highest BCUT2D eigenvalue weighted by molar-refractivity contribution is 5.40. The minimum atomic E-state index is 0.469. The molecule has 0 aromatic heterocycles. The average Bonchev–Trinajstić information content (AvgIpc) is 2.75. The summed E-state index contributed by atoms with van der Waals surface area (Å²) in [5.41, 5.74) is 2.71. The van der Waals surface area contributed by atoms with Crippen LogP contribution in [0.5, 0.6) is 5.75 Å². The summed E-state index contributed by atoms with van der Waals surface area (Å²) in [5.74, 6) is 1.78. The first-order valence-electron chi connectivity index (χ1n) is 6.14. The molecule has 2 nitrogen and oxygen atoms in total. The number of aryl methyl sites for hydroxylation is 1. The van der Waals surface area contributed by atoms with Crippen LogP contribution < -0.4 is 10.1 Å². The highest BCUT2D eigenvalue weighted by atomic mass is 16.5. The normalized spacial score (nSPS) is 24.7. The Morgan fingerprint density at radius 3 is 2.81 bits per heavy atom. The van der Waals surface area contributed by atoms with Crippen molar-refractivity contribution in [3.63, 3.8) is 0 Å². The fraction of sp³-hybridized carbons (Fsp3) is 0.571. The van der Waals surface area contributed by atoms with E-state index in [2.05, 4.69) is 37.4 Å². The zero-order valence-electron chi connectivity index (χ0n) is 10.4. The van der Waals surface area contributed by atoms with Crippen LogP contribution in [0.25, 0.3) is 0 Å². The predicted octanol–water partition coefficient (Wildman–Crippen LogP) is 2.93. The summed E-state index contributed by atoms with van der Waals surface area (Å²) in [5, 5.41) is 3.57. The molecule has 0 radical (unpaired) electrons. The lowest BCUT2D eigenvalue weighted by molar-refractivity contribution is 0.402. The van der Waals surface area contributed by atoms with Crippen molar-refractivity contribution in [2.24, 2.45) is 5.92 Å². The molecule has 88 valence electrons. The molecular weight excluding hydrogens is 198 g/mol. The van der Waals surface area contributed by atoms with Crippen LogP contribution >= 0.6 is 0 Å². The zero-order chi connectivity index (χ0) is 11.5. The van der Waals surface area contributed by atoms with Gasteiger partial charge in [-0.2, -0.15) is 0 Å². The Hall–Kier alpha value is -1.02. The van der Waals surface area contributed by atoms with Gasteiger partial charge in [-0.3, -0.25) is 0 Å². The standard InChI is InChI=1S/C14H21NO/c1-4-11-5-6-14(16-3)12(8-11)13-7-10(2)9-15-13/h5-6,8,10,13,15H,4,7,9H2,1-3H3. The van der Waals surface area contributed by atoms with Crippen LogP contribution in [0.1, 0.15) is 37.4 Å². The number of hydrogen-bond acceptors (Lipinski definition) is 2. The fourth-order valence-corrected chi connectivity index (χ4v) is 2.43. The highest BCUT2D eigenvalue weighted by Gasteiger charge is 2.24. The van der Waals surface area contributed by atoms with Gasteiger partial charge in [-0.05, 0) is 36.9 Å². The van der Waals surface area contributed by atoms with Gasteiger partial charge in [0.15, 0.2) is 0 Å². The molecule has 1 aliphatic heterocycles. The van der Waals surface area contributed by atoms with Gasteiger partial charge < -0.3 is 10.1 Å². The third kappa shape index (κ3) is 2.22. The van der Waals surface area contributed by atoms with Gasteiger partial charge in [0.05, 0.1) is 7.11 Å². The first-order valence-corrected chi connectivity index (χ1v) is 6.14. The van der Waals surface area contributed by atoms with Crippen LogP contribution in [-0.2, 0) is 6.42 Å². The van der Waals surface area contributed by atoms with Crippen LogP contribution in [0.3, 0.4) is 0 Å². The second-order valence-corrected chi connectivity index (χ2v) is 4.73. The van der Waals surface area contributed by atoms with Crippen molar-refractivity contribution in [2.75, 3.05) is 13.7 Å². The number of nitrogens with one attached hydrogen (secondary N) is 1. The van der Waals surface area contributed by atoms with Crippen LogP contribution in [-0.4, -0.2) is 13.7 Å². The molecule has 1 aromatic rings. The van der Waals surface area contributed by atoms with Gasteiger partial charge in [0, 0.05) is 11.6 Å². The maximum absolute atomic E-state index is 5.45. The van der Waals surface area contributed by atoms with Crippen molar-refractivity contribution in [3.8, 4) is 5.75 Å². The Kier molecular flexibility index (Phi) is 3.49. The molecule has 1 fully saturated rings. The van der Waals surface area contributed by atoms with Crippen molar-refractivity contribution in [1.29, 1.82) is 0 Å². The van der Waals surface area contributed by atoms with Crippen molar-refractivity contribution in [3.05, 3.63) is 29.3 Å². The number of ether oxygens (including phenoxy) is 1. The quantitative estimate of drug-likeness (QED) is 0.844. The summed E-state index contributed by atoms with van der Waals surface area (Å²) in [6, 6.07) is 7.00. The van der Waals surface area contributed by atoms with Gasteiger partial charge in [-0.25, -0.2) is 0 Å². The Balaban J connectivity index is 2.29. The van der Waals surface area contributed by atoms with E-state index in [9.17, 15) is 0 Å². The molecule has 16 heavy (non-hydrogen) atoms. The predicted molar refractivity (Wildman–Crippen MR) is 66.9 cm³/mol. The molecule has 0 amide bonds. The van der Waals surface area contributed by atoms with E-state index in [4.69, 9.17) is 4.74 Å². The molecule has 0 saturated carbocycles. The molecule has 0 bridgehead atoms. The average molecular weight is 219 g/mol. The molecule has 2 atom stereocenters. The molecule has 2 unspecified atom stereocenters. The van der Waals surface area contributed by atoms with Gasteiger partial charge in [-0.1, -0.05) is 26.0 Å². The summed E-state index contributed by atoms with van der Waals surface area (Å²) < 4.78 is 5.45. The Labute approximate surface area is 98.0 Å². The van der Waals surface area contributed by atoms with Crippen LogP contribution in [0.4, 0.5) is 0 Å². The van der Waals surface area contributed by atoms with Crippen molar-refractivity contribution >= 4 is 0 Å². The monoisotopic (exact) mass is 219 g/mol. The first kappa shape index (κ1) is 11.5. The molecule has 2 heteroatoms. The summed E-state index contributed by atoms with van der Waals surface area (Å²) in [6.45, 7) is 5.60. The van der Waals surface area contributed by atoms with Crippen LogP contribution in [0.2, 0.25) is 0 Å². The molecular formula is C14H21NO. The van der Waals surface area contributed by atoms with Crippen LogP contribution in [0.15, 0.2) is 18.2 Å². The van der Waals surface area contributed by atoms with E-state index in [1.165, 1.54) is 17.5 Å². The van der Waals surface area contributed by atoms with Gasteiger partial charge >= 0.3 is 0 Å². The number of hydrogen-bond donors (Lipinski definition) is 1. The molecule has 0 aliphatic carbocycles. The summed E-state index contributed by atoms with van der Waals surface area (Å²) in [6.07, 6.45) is 2.29. The van der Waals surface area contributed by atoms with E-state index in [0.29, 0.717) is 6.04 Å². The molecule has 0 spiro atoms. The Morgan fingerprint density at radius 2 is 2.25 bits per heavy atom. The largest absolute Gasteiger partial charge is 0.496 e. The van der Waals surface area contributed by atoms with Crippen molar-refractivity contribution in [1.82, 2.24) is 5.32 Å². The third-order valence-corrected chi connectivity index (χ3v) is 3.43. The van der Waals surface area contributed by atoms with Gasteiger partial charge in [0.2, 0.25) is 0 Å². The topological polar surface area (TPSA) is 21.3 Å². The van der Waals surface area contributed by atoms with Gasteiger partial charge in [0.1, 0.15) is 5.75 Å². The maximum atomic E-state index is 5.45. The number of methoxy groups -OCH3 is 1. The Morgan fingerprint density at radius 1 is 1.44 bits per heavy atom.